The number of aliphatic imine (C=N–C) groups is 1. The number of hydrogen-bond acceptors (Lipinski definition) is 2. The quantitative estimate of drug-likeness (QED) is 0.449. The Morgan fingerprint density at radius 1 is 1.42 bits per heavy atom. The van der Waals surface area contributed by atoms with Gasteiger partial charge in [-0.05, 0) is 42.8 Å². The maximum Gasteiger partial charge on any atom is 0.0610 e. The van der Waals surface area contributed by atoms with E-state index in [0.717, 1.165) is 5.92 Å². The molecule has 68 valence electrons. The average Bonchev–Trinajstić information content (AvgIpc) is 1.82. The van der Waals surface area contributed by atoms with E-state index in [1.165, 1.54) is 19.3 Å². The first-order chi connectivity index (χ1) is 5.53. The highest BCUT2D eigenvalue weighted by Gasteiger charge is 2.31. The van der Waals surface area contributed by atoms with E-state index in [-0.39, 0.29) is 0 Å². The van der Waals surface area contributed by atoms with Gasteiger partial charge >= 0.3 is 0 Å². The average molecular weight is 183 g/mol. The number of nitrogens with zero attached hydrogens (tertiary/aromatic N) is 1. The summed E-state index contributed by atoms with van der Waals surface area (Å²) in [6.07, 6.45) is 3.67. The van der Waals surface area contributed by atoms with Gasteiger partial charge in [0.1, 0.15) is 0 Å². The maximum absolute atomic E-state index is 4.63. The highest BCUT2D eigenvalue weighted by atomic mass is 32.1. The summed E-state index contributed by atoms with van der Waals surface area (Å²) < 4.78 is 0. The second kappa shape index (κ2) is 3.68. The first kappa shape index (κ1) is 9.88. The Morgan fingerprint density at radius 2 is 2.08 bits per heavy atom. The van der Waals surface area contributed by atoms with E-state index in [9.17, 15) is 0 Å². The summed E-state index contributed by atoms with van der Waals surface area (Å²) in [5, 5.41) is 2.50. The van der Waals surface area contributed by atoms with Crippen LogP contribution in [0.2, 0.25) is 0 Å². The van der Waals surface area contributed by atoms with Crippen LogP contribution in [0.3, 0.4) is 0 Å². The first-order valence-corrected chi connectivity index (χ1v) is 5.01. The van der Waals surface area contributed by atoms with Crippen molar-refractivity contribution in [1.82, 2.24) is 0 Å². The van der Waals surface area contributed by atoms with E-state index in [4.69, 9.17) is 0 Å². The zero-order valence-electron chi connectivity index (χ0n) is 8.13. The molecule has 0 spiro atoms. The highest BCUT2D eigenvalue weighted by Crippen LogP contribution is 2.39. The Bertz CT molecular complexity index is 204. The molecule has 0 radical (unpaired) electrons. The molecule has 1 nitrogen and oxygen atoms in total. The summed E-state index contributed by atoms with van der Waals surface area (Å²) >= 11 is 4.63. The van der Waals surface area contributed by atoms with Crippen LogP contribution in [0.5, 0.6) is 0 Å². The molecule has 0 bridgehead atoms. The third-order valence-electron chi connectivity index (χ3n) is 2.60. The lowest BCUT2D eigenvalue weighted by molar-refractivity contribution is 0.171. The van der Waals surface area contributed by atoms with Crippen LogP contribution in [0, 0.1) is 11.3 Å². The molecule has 1 rings (SSSR count). The first-order valence-electron chi connectivity index (χ1n) is 4.60. The van der Waals surface area contributed by atoms with Gasteiger partial charge in [-0.1, -0.05) is 20.8 Å². The Labute approximate surface area is 80.3 Å². The van der Waals surface area contributed by atoms with Gasteiger partial charge in [-0.2, -0.15) is 0 Å². The molecular formula is C10H17NS. The van der Waals surface area contributed by atoms with Crippen LogP contribution in [-0.4, -0.2) is 11.2 Å². The molecule has 2 atom stereocenters. The minimum Gasteiger partial charge on any atom is -0.229 e. The molecule has 0 unspecified atom stereocenters. The summed E-state index contributed by atoms with van der Waals surface area (Å²) in [5.41, 5.74) is 0.442. The van der Waals surface area contributed by atoms with Crippen molar-refractivity contribution in [3.05, 3.63) is 0 Å². The van der Waals surface area contributed by atoms with E-state index in [1.807, 2.05) is 0 Å². The van der Waals surface area contributed by atoms with Gasteiger partial charge < -0.3 is 0 Å². The van der Waals surface area contributed by atoms with Crippen molar-refractivity contribution in [3.8, 4) is 0 Å². The number of rotatable bonds is 1. The fraction of sp³-hybridized carbons (Fsp3) is 0.900. The van der Waals surface area contributed by atoms with Crippen LogP contribution in [0.15, 0.2) is 4.99 Å². The largest absolute Gasteiger partial charge is 0.229 e. The topological polar surface area (TPSA) is 12.4 Å². The predicted octanol–water partition coefficient (Wildman–Crippen LogP) is 3.30. The fourth-order valence-corrected chi connectivity index (χ4v) is 2.62. The monoisotopic (exact) mass is 183 g/mol. The maximum atomic E-state index is 4.63. The molecule has 1 fully saturated rings. The van der Waals surface area contributed by atoms with Crippen molar-refractivity contribution in [3.63, 3.8) is 0 Å². The summed E-state index contributed by atoms with van der Waals surface area (Å²) in [4.78, 5) is 4.19. The van der Waals surface area contributed by atoms with Crippen LogP contribution < -0.4 is 0 Å². The van der Waals surface area contributed by atoms with E-state index < -0.39 is 0 Å². The molecule has 1 saturated carbocycles. The summed E-state index contributed by atoms with van der Waals surface area (Å²) in [7, 11) is 0. The predicted molar refractivity (Wildman–Crippen MR) is 55.6 cm³/mol. The number of thiocarbonyl (C=S) groups is 1. The molecule has 0 N–H and O–H groups in total. The van der Waals surface area contributed by atoms with E-state index in [0.29, 0.717) is 11.5 Å². The lowest BCUT2D eigenvalue weighted by Crippen LogP contribution is -2.29. The van der Waals surface area contributed by atoms with Gasteiger partial charge in [0, 0.05) is 0 Å². The Kier molecular flexibility index (Phi) is 3.03. The molecule has 1 aliphatic rings. The molecule has 0 heterocycles. The zero-order chi connectivity index (χ0) is 9.19. The molecule has 0 aromatic carbocycles. The van der Waals surface area contributed by atoms with Crippen LogP contribution >= 0.6 is 12.2 Å². The van der Waals surface area contributed by atoms with Gasteiger partial charge in [-0.25, -0.2) is 4.99 Å². The fourth-order valence-electron chi connectivity index (χ4n) is 2.47. The lowest BCUT2D eigenvalue weighted by Gasteiger charge is -2.36. The zero-order valence-corrected chi connectivity index (χ0v) is 8.95. The SMILES string of the molecule is C[C@@H]1C[C@H](N=C=S)CC(C)(C)C1. The number of isothiocyanates is 1. The Hall–Kier alpha value is -0.200. The van der Waals surface area contributed by atoms with Crippen molar-refractivity contribution >= 4 is 17.4 Å². The summed E-state index contributed by atoms with van der Waals surface area (Å²) in [6, 6.07) is 0.432. The van der Waals surface area contributed by atoms with Crippen molar-refractivity contribution in [2.75, 3.05) is 0 Å². The van der Waals surface area contributed by atoms with Crippen LogP contribution in [-0.2, 0) is 0 Å². The molecule has 0 saturated heterocycles. The second-order valence-electron chi connectivity index (χ2n) is 4.79. The van der Waals surface area contributed by atoms with Crippen LogP contribution in [0.1, 0.15) is 40.0 Å². The van der Waals surface area contributed by atoms with Crippen molar-refractivity contribution in [2.24, 2.45) is 16.3 Å². The third-order valence-corrected chi connectivity index (χ3v) is 2.70. The van der Waals surface area contributed by atoms with Gasteiger partial charge in [0.15, 0.2) is 0 Å². The molecule has 2 heteroatoms. The van der Waals surface area contributed by atoms with Crippen molar-refractivity contribution < 1.29 is 0 Å². The second-order valence-corrected chi connectivity index (χ2v) is 4.97. The standard InChI is InChI=1S/C10H17NS/c1-8-4-9(11-7-12)6-10(2,3)5-8/h8-9H,4-6H2,1-3H3/t8-,9+/m1/s1. The van der Waals surface area contributed by atoms with Crippen molar-refractivity contribution in [2.45, 2.75) is 46.1 Å². The van der Waals surface area contributed by atoms with Gasteiger partial charge in [-0.3, -0.25) is 0 Å². The minimum atomic E-state index is 0.432. The van der Waals surface area contributed by atoms with E-state index in [1.54, 1.807) is 0 Å². The molecule has 1 aliphatic carbocycles. The van der Waals surface area contributed by atoms with Crippen LogP contribution in [0.4, 0.5) is 0 Å². The summed E-state index contributed by atoms with van der Waals surface area (Å²) in [5.74, 6) is 0.783. The normalized spacial score (nSPS) is 33.9. The van der Waals surface area contributed by atoms with Crippen molar-refractivity contribution in [1.29, 1.82) is 0 Å². The molecule has 0 aromatic rings. The Balaban J connectivity index is 2.63. The molecule has 12 heavy (non-hydrogen) atoms. The van der Waals surface area contributed by atoms with Gasteiger partial charge in [-0.15, -0.1) is 0 Å². The summed E-state index contributed by atoms with van der Waals surface area (Å²) in [6.45, 7) is 6.93. The highest BCUT2D eigenvalue weighted by molar-refractivity contribution is 7.78. The number of hydrogen-bond donors (Lipinski definition) is 0. The van der Waals surface area contributed by atoms with Gasteiger partial charge in [0.05, 0.1) is 11.2 Å². The Morgan fingerprint density at radius 3 is 2.58 bits per heavy atom. The van der Waals surface area contributed by atoms with E-state index in [2.05, 4.69) is 43.1 Å². The smallest absolute Gasteiger partial charge is 0.0610 e. The van der Waals surface area contributed by atoms with E-state index >= 15 is 0 Å². The molecule has 0 amide bonds. The molecular weight excluding hydrogens is 166 g/mol. The molecule has 0 aliphatic heterocycles. The lowest BCUT2D eigenvalue weighted by atomic mass is 9.71. The van der Waals surface area contributed by atoms with Gasteiger partial charge in [0.2, 0.25) is 0 Å². The molecule has 0 aromatic heterocycles. The van der Waals surface area contributed by atoms with Gasteiger partial charge in [0.25, 0.3) is 0 Å². The third kappa shape index (κ3) is 2.69. The minimum absolute atomic E-state index is 0.432. The van der Waals surface area contributed by atoms with Crippen LogP contribution in [0.25, 0.3) is 0 Å².